The van der Waals surface area contributed by atoms with Gasteiger partial charge in [-0.25, -0.2) is 4.98 Å². The smallest absolute Gasteiger partial charge is 0.251 e. The van der Waals surface area contributed by atoms with Crippen LogP contribution in [0.1, 0.15) is 23.2 Å². The number of para-hydroxylation sites is 1. The molecule has 0 saturated carbocycles. The van der Waals surface area contributed by atoms with E-state index in [1.165, 1.54) is 0 Å². The van der Waals surface area contributed by atoms with E-state index in [-0.39, 0.29) is 5.91 Å². The molecule has 3 aromatic rings. The Labute approximate surface area is 134 Å². The van der Waals surface area contributed by atoms with Gasteiger partial charge in [-0.3, -0.25) is 4.79 Å². The number of hydrogen-bond acceptors (Lipinski definition) is 3. The molecule has 0 saturated heterocycles. The molecule has 118 valence electrons. The van der Waals surface area contributed by atoms with Gasteiger partial charge in [-0.2, -0.15) is 0 Å². The molecule has 0 aliphatic carbocycles. The minimum absolute atomic E-state index is 0.0644. The number of hydrogen-bond donors (Lipinski definition) is 2. The summed E-state index contributed by atoms with van der Waals surface area (Å²) in [6, 6.07) is 15.2. The second kappa shape index (κ2) is 7.45. The predicted octanol–water partition coefficient (Wildman–Crippen LogP) is 3.15. The Balaban J connectivity index is 1.37. The molecule has 1 aromatic heterocycles. The number of rotatable bonds is 7. The molecule has 2 aromatic carbocycles. The molecule has 0 aliphatic heterocycles. The van der Waals surface area contributed by atoms with Crippen LogP contribution >= 0.6 is 0 Å². The monoisotopic (exact) mass is 309 g/mol. The second-order valence-electron chi connectivity index (χ2n) is 5.26. The fourth-order valence-electron chi connectivity index (χ4n) is 2.31. The number of nitrogens with zero attached hydrogens (tertiary/aromatic N) is 1. The molecule has 0 spiro atoms. The summed E-state index contributed by atoms with van der Waals surface area (Å²) in [7, 11) is 0. The first-order chi connectivity index (χ1) is 11.3. The Morgan fingerprint density at radius 2 is 2.00 bits per heavy atom. The van der Waals surface area contributed by atoms with Crippen LogP contribution in [0.4, 0.5) is 0 Å². The fraction of sp³-hybridized carbons (Fsp3) is 0.222. The quantitative estimate of drug-likeness (QED) is 0.659. The van der Waals surface area contributed by atoms with Gasteiger partial charge in [0.1, 0.15) is 5.75 Å². The van der Waals surface area contributed by atoms with E-state index >= 15 is 0 Å². The summed E-state index contributed by atoms with van der Waals surface area (Å²) in [4.78, 5) is 19.2. The number of amides is 1. The van der Waals surface area contributed by atoms with Crippen molar-refractivity contribution in [3.05, 3.63) is 60.4 Å². The molecule has 0 unspecified atom stereocenters. The van der Waals surface area contributed by atoms with Crippen LogP contribution in [-0.4, -0.2) is 29.0 Å². The Morgan fingerprint density at radius 1 is 1.13 bits per heavy atom. The van der Waals surface area contributed by atoms with Crippen molar-refractivity contribution in [2.24, 2.45) is 0 Å². The zero-order valence-corrected chi connectivity index (χ0v) is 12.8. The van der Waals surface area contributed by atoms with Gasteiger partial charge >= 0.3 is 0 Å². The van der Waals surface area contributed by atoms with Gasteiger partial charge in [-0.05, 0) is 43.2 Å². The van der Waals surface area contributed by atoms with E-state index in [9.17, 15) is 4.79 Å². The maximum Gasteiger partial charge on any atom is 0.251 e. The lowest BCUT2D eigenvalue weighted by atomic mass is 10.2. The minimum Gasteiger partial charge on any atom is -0.494 e. The Bertz CT molecular complexity index is 768. The normalized spacial score (nSPS) is 10.6. The number of aromatic nitrogens is 2. The summed E-state index contributed by atoms with van der Waals surface area (Å²) in [5, 5.41) is 2.93. The molecule has 0 atom stereocenters. The summed E-state index contributed by atoms with van der Waals surface area (Å²) >= 11 is 0. The van der Waals surface area contributed by atoms with Crippen molar-refractivity contribution in [1.29, 1.82) is 0 Å². The van der Waals surface area contributed by atoms with Crippen LogP contribution in [0.3, 0.4) is 0 Å². The number of imidazole rings is 1. The van der Waals surface area contributed by atoms with Gasteiger partial charge in [-0.1, -0.05) is 18.2 Å². The number of fused-ring (bicyclic) bond motifs is 1. The molecular formula is C18H19N3O2. The molecule has 23 heavy (non-hydrogen) atoms. The summed E-state index contributed by atoms with van der Waals surface area (Å²) in [5.74, 6) is 0.815. The van der Waals surface area contributed by atoms with Gasteiger partial charge in [0.2, 0.25) is 0 Å². The zero-order chi connectivity index (χ0) is 15.9. The summed E-state index contributed by atoms with van der Waals surface area (Å²) < 4.78 is 5.61. The van der Waals surface area contributed by atoms with Crippen molar-refractivity contribution in [2.45, 2.75) is 12.8 Å². The number of aromatic amines is 1. The van der Waals surface area contributed by atoms with Gasteiger partial charge in [0.05, 0.1) is 24.0 Å². The third kappa shape index (κ3) is 4.10. The van der Waals surface area contributed by atoms with Crippen molar-refractivity contribution in [3.8, 4) is 5.75 Å². The van der Waals surface area contributed by atoms with E-state index in [2.05, 4.69) is 15.3 Å². The second-order valence-corrected chi connectivity index (χ2v) is 5.26. The van der Waals surface area contributed by atoms with E-state index < -0.39 is 0 Å². The van der Waals surface area contributed by atoms with Crippen LogP contribution in [0, 0.1) is 0 Å². The zero-order valence-electron chi connectivity index (χ0n) is 12.8. The average Bonchev–Trinajstić information content (AvgIpc) is 3.06. The molecule has 3 rings (SSSR count). The molecule has 1 amide bonds. The summed E-state index contributed by atoms with van der Waals surface area (Å²) in [6.45, 7) is 1.29. The molecule has 5 heteroatoms. The Morgan fingerprint density at radius 3 is 2.87 bits per heavy atom. The number of unbranched alkanes of at least 4 members (excludes halogenated alkanes) is 1. The summed E-state index contributed by atoms with van der Waals surface area (Å²) in [6.07, 6.45) is 3.40. The molecule has 0 radical (unpaired) electrons. The van der Waals surface area contributed by atoms with Crippen molar-refractivity contribution in [3.63, 3.8) is 0 Å². The van der Waals surface area contributed by atoms with E-state index in [1.807, 2.05) is 42.5 Å². The van der Waals surface area contributed by atoms with Crippen molar-refractivity contribution in [1.82, 2.24) is 15.3 Å². The lowest BCUT2D eigenvalue weighted by Crippen LogP contribution is -2.24. The van der Waals surface area contributed by atoms with Crippen LogP contribution in [0.15, 0.2) is 54.9 Å². The van der Waals surface area contributed by atoms with Gasteiger partial charge in [0.15, 0.2) is 0 Å². The number of carbonyl (C=O) groups excluding carboxylic acids is 1. The number of ether oxygens (including phenoxy) is 1. The molecular weight excluding hydrogens is 290 g/mol. The van der Waals surface area contributed by atoms with Gasteiger partial charge in [-0.15, -0.1) is 0 Å². The first kappa shape index (κ1) is 15.1. The standard InChI is InChI=1S/C18H19N3O2/c22-18(14-8-9-16-17(12-14)21-13-20-16)19-10-4-5-11-23-15-6-2-1-3-7-15/h1-3,6-9,12-13H,4-5,10-11H2,(H,19,22)(H,20,21). The molecule has 0 bridgehead atoms. The minimum atomic E-state index is -0.0644. The van der Waals surface area contributed by atoms with E-state index in [0.717, 1.165) is 29.6 Å². The molecule has 0 fully saturated rings. The third-order valence-electron chi connectivity index (χ3n) is 3.55. The Hall–Kier alpha value is -2.82. The van der Waals surface area contributed by atoms with Gasteiger partial charge < -0.3 is 15.0 Å². The van der Waals surface area contributed by atoms with Crippen LogP contribution in [0.5, 0.6) is 5.75 Å². The topological polar surface area (TPSA) is 67.0 Å². The van der Waals surface area contributed by atoms with Crippen molar-refractivity contribution < 1.29 is 9.53 Å². The Kier molecular flexibility index (Phi) is 4.88. The molecule has 1 heterocycles. The highest BCUT2D eigenvalue weighted by atomic mass is 16.5. The number of benzene rings is 2. The fourth-order valence-corrected chi connectivity index (χ4v) is 2.31. The maximum atomic E-state index is 12.1. The van der Waals surface area contributed by atoms with E-state index in [4.69, 9.17) is 4.74 Å². The van der Waals surface area contributed by atoms with Crippen molar-refractivity contribution in [2.75, 3.05) is 13.2 Å². The van der Waals surface area contributed by atoms with E-state index in [0.29, 0.717) is 18.7 Å². The number of H-pyrrole nitrogens is 1. The molecule has 2 N–H and O–H groups in total. The third-order valence-corrected chi connectivity index (χ3v) is 3.55. The highest BCUT2D eigenvalue weighted by molar-refractivity contribution is 5.97. The first-order valence-electron chi connectivity index (χ1n) is 7.72. The highest BCUT2D eigenvalue weighted by Gasteiger charge is 2.06. The predicted molar refractivity (Wildman–Crippen MR) is 89.6 cm³/mol. The SMILES string of the molecule is O=C(NCCCCOc1ccccc1)c1ccc2nc[nH]c2c1. The van der Waals surface area contributed by atoms with Gasteiger partial charge in [0.25, 0.3) is 5.91 Å². The molecule has 0 aliphatic rings. The van der Waals surface area contributed by atoms with Crippen LogP contribution in [-0.2, 0) is 0 Å². The lowest BCUT2D eigenvalue weighted by Gasteiger charge is -2.07. The van der Waals surface area contributed by atoms with Crippen molar-refractivity contribution >= 4 is 16.9 Å². The van der Waals surface area contributed by atoms with Crippen LogP contribution in [0.25, 0.3) is 11.0 Å². The van der Waals surface area contributed by atoms with Crippen LogP contribution in [0.2, 0.25) is 0 Å². The first-order valence-corrected chi connectivity index (χ1v) is 7.72. The lowest BCUT2D eigenvalue weighted by molar-refractivity contribution is 0.0952. The van der Waals surface area contributed by atoms with E-state index in [1.54, 1.807) is 12.4 Å². The largest absolute Gasteiger partial charge is 0.494 e. The number of nitrogens with one attached hydrogen (secondary N) is 2. The maximum absolute atomic E-state index is 12.1. The molecule has 5 nitrogen and oxygen atoms in total. The summed E-state index contributed by atoms with van der Waals surface area (Å²) in [5.41, 5.74) is 2.37. The number of carbonyl (C=O) groups is 1. The van der Waals surface area contributed by atoms with Crippen LogP contribution < -0.4 is 10.1 Å². The van der Waals surface area contributed by atoms with Gasteiger partial charge in [0, 0.05) is 12.1 Å². The average molecular weight is 309 g/mol. The highest BCUT2D eigenvalue weighted by Crippen LogP contribution is 2.11.